The Kier molecular flexibility index (Phi) is 5.50. The fraction of sp³-hybridized carbons (Fsp3) is 0.412. The zero-order chi connectivity index (χ0) is 20.7. The molecule has 0 saturated carbocycles. The third-order valence-corrected chi connectivity index (χ3v) is 5.34. The number of alkyl halides is 6. The summed E-state index contributed by atoms with van der Waals surface area (Å²) >= 11 is 0.955. The van der Waals surface area contributed by atoms with Crippen LogP contribution in [0.4, 0.5) is 26.3 Å². The highest BCUT2D eigenvalue weighted by molar-refractivity contribution is 8.18. The van der Waals surface area contributed by atoms with Crippen molar-refractivity contribution >= 4 is 28.9 Å². The van der Waals surface area contributed by atoms with Crippen LogP contribution < -0.4 is 0 Å². The van der Waals surface area contributed by atoms with Gasteiger partial charge in [-0.15, -0.1) is 0 Å². The largest absolute Gasteiger partial charge is 0.416 e. The minimum atomic E-state index is -4.94. The number of carbonyl (C=O) groups is 1. The maximum atomic E-state index is 13.0. The van der Waals surface area contributed by atoms with Gasteiger partial charge in [0.15, 0.2) is 5.17 Å². The fourth-order valence-corrected chi connectivity index (χ4v) is 3.71. The Morgan fingerprint density at radius 3 is 2.00 bits per heavy atom. The maximum Gasteiger partial charge on any atom is 0.416 e. The molecule has 11 heteroatoms. The van der Waals surface area contributed by atoms with Crippen molar-refractivity contribution in [2.75, 3.05) is 33.2 Å². The molecule has 0 aliphatic carbocycles. The number of halogens is 6. The van der Waals surface area contributed by atoms with Crippen molar-refractivity contribution in [1.82, 2.24) is 9.80 Å². The standard InChI is InChI=1S/C17H15F6N3OS/c1-25-2-4-26(5-3-25)15-24-14(27)13(28-15)8-10-6-11(16(18,19)20)9-12(7-10)17(21,22)23/h6-9H,2-5H2,1H3/b13-8-. The van der Waals surface area contributed by atoms with Crippen molar-refractivity contribution in [1.29, 1.82) is 0 Å². The average molecular weight is 423 g/mol. The van der Waals surface area contributed by atoms with Crippen LogP contribution >= 0.6 is 11.8 Å². The monoisotopic (exact) mass is 423 g/mol. The molecule has 3 rings (SSSR count). The highest BCUT2D eigenvalue weighted by atomic mass is 32.2. The van der Waals surface area contributed by atoms with Gasteiger partial charge >= 0.3 is 12.4 Å². The average Bonchev–Trinajstić information content (AvgIpc) is 2.94. The smallest absolute Gasteiger partial charge is 0.348 e. The van der Waals surface area contributed by atoms with Crippen molar-refractivity contribution in [3.8, 4) is 0 Å². The molecule has 0 bridgehead atoms. The summed E-state index contributed by atoms with van der Waals surface area (Å²) in [6, 6.07) is 1.23. The Morgan fingerprint density at radius 2 is 1.50 bits per heavy atom. The lowest BCUT2D eigenvalue weighted by Gasteiger charge is -2.32. The van der Waals surface area contributed by atoms with E-state index in [-0.39, 0.29) is 16.5 Å². The first-order valence-corrected chi connectivity index (χ1v) is 9.01. The minimum Gasteiger partial charge on any atom is -0.348 e. The highest BCUT2D eigenvalue weighted by Crippen LogP contribution is 2.38. The van der Waals surface area contributed by atoms with E-state index in [1.807, 2.05) is 11.9 Å². The summed E-state index contributed by atoms with van der Waals surface area (Å²) in [7, 11) is 1.95. The molecule has 0 N–H and O–H groups in total. The van der Waals surface area contributed by atoms with Crippen LogP contribution in [-0.2, 0) is 17.1 Å². The van der Waals surface area contributed by atoms with Crippen molar-refractivity contribution in [3.63, 3.8) is 0 Å². The van der Waals surface area contributed by atoms with E-state index in [2.05, 4.69) is 9.89 Å². The summed E-state index contributed by atoms with van der Waals surface area (Å²) in [6.45, 7) is 2.78. The zero-order valence-electron chi connectivity index (χ0n) is 14.6. The molecule has 1 fully saturated rings. The number of hydrogen-bond donors (Lipinski definition) is 0. The molecule has 1 saturated heterocycles. The van der Waals surface area contributed by atoms with Gasteiger partial charge in [0.05, 0.1) is 16.0 Å². The van der Waals surface area contributed by atoms with Crippen LogP contribution in [-0.4, -0.2) is 54.1 Å². The number of rotatable bonds is 1. The molecule has 0 atom stereocenters. The lowest BCUT2D eigenvalue weighted by molar-refractivity contribution is -0.143. The van der Waals surface area contributed by atoms with Gasteiger partial charge in [-0.2, -0.15) is 31.3 Å². The number of amidine groups is 1. The Hall–Kier alpha value is -2.01. The molecule has 2 aliphatic heterocycles. The minimum absolute atomic E-state index is 0.0126. The Morgan fingerprint density at radius 1 is 0.964 bits per heavy atom. The number of piperazine rings is 1. The molecular formula is C17H15F6N3OS. The maximum absolute atomic E-state index is 13.0. The number of carbonyl (C=O) groups excluding carboxylic acids is 1. The van der Waals surface area contributed by atoms with Crippen LogP contribution in [0, 0.1) is 0 Å². The van der Waals surface area contributed by atoms with E-state index in [0.717, 1.165) is 30.9 Å². The summed E-state index contributed by atoms with van der Waals surface area (Å²) in [4.78, 5) is 19.9. The topological polar surface area (TPSA) is 35.9 Å². The van der Waals surface area contributed by atoms with E-state index in [9.17, 15) is 31.1 Å². The predicted molar refractivity (Wildman–Crippen MR) is 93.5 cm³/mol. The number of amides is 1. The number of thioether (sulfide) groups is 1. The van der Waals surface area contributed by atoms with Crippen LogP contribution in [0.5, 0.6) is 0 Å². The quantitative estimate of drug-likeness (QED) is 0.507. The Labute approximate surface area is 160 Å². The van der Waals surface area contributed by atoms with Gasteiger partial charge in [0.25, 0.3) is 5.91 Å². The molecule has 0 spiro atoms. The highest BCUT2D eigenvalue weighted by Gasteiger charge is 2.37. The molecule has 152 valence electrons. The molecule has 1 aromatic carbocycles. The lowest BCUT2D eigenvalue weighted by atomic mass is 10.0. The fourth-order valence-electron chi connectivity index (χ4n) is 2.74. The van der Waals surface area contributed by atoms with Crippen molar-refractivity contribution in [2.24, 2.45) is 4.99 Å². The van der Waals surface area contributed by atoms with E-state index >= 15 is 0 Å². The number of aliphatic imine (C=N–C) groups is 1. The van der Waals surface area contributed by atoms with E-state index < -0.39 is 29.4 Å². The third-order valence-electron chi connectivity index (χ3n) is 4.29. The molecule has 4 nitrogen and oxygen atoms in total. The van der Waals surface area contributed by atoms with Crippen LogP contribution in [0.1, 0.15) is 16.7 Å². The summed E-state index contributed by atoms with van der Waals surface area (Å²) in [5, 5.41) is 0.410. The predicted octanol–water partition coefficient (Wildman–Crippen LogP) is 3.94. The Balaban J connectivity index is 1.88. The molecule has 0 aromatic heterocycles. The molecule has 2 heterocycles. The molecule has 1 aromatic rings. The van der Waals surface area contributed by atoms with Crippen LogP contribution in [0.25, 0.3) is 6.08 Å². The normalized spacial score (nSPS) is 20.8. The van der Waals surface area contributed by atoms with E-state index in [1.165, 1.54) is 0 Å². The third kappa shape index (κ3) is 4.69. The summed E-state index contributed by atoms with van der Waals surface area (Å²) < 4.78 is 77.8. The zero-order valence-corrected chi connectivity index (χ0v) is 15.4. The van der Waals surface area contributed by atoms with Gasteiger partial charge in [-0.1, -0.05) is 0 Å². The molecule has 0 unspecified atom stereocenters. The number of hydrogen-bond acceptors (Lipinski definition) is 4. The van der Waals surface area contributed by atoms with Gasteiger partial charge in [0.2, 0.25) is 0 Å². The van der Waals surface area contributed by atoms with E-state index in [4.69, 9.17) is 0 Å². The van der Waals surface area contributed by atoms with Gasteiger partial charge < -0.3 is 9.80 Å². The van der Waals surface area contributed by atoms with Gasteiger partial charge in [-0.05, 0) is 48.6 Å². The second kappa shape index (κ2) is 7.43. The van der Waals surface area contributed by atoms with Crippen molar-refractivity contribution in [3.05, 3.63) is 39.8 Å². The first-order chi connectivity index (χ1) is 12.9. The van der Waals surface area contributed by atoms with E-state index in [0.29, 0.717) is 30.4 Å². The molecule has 0 radical (unpaired) electrons. The van der Waals surface area contributed by atoms with Crippen molar-refractivity contribution < 1.29 is 31.1 Å². The van der Waals surface area contributed by atoms with Gasteiger partial charge in [-0.3, -0.25) is 4.79 Å². The SMILES string of the molecule is CN1CCN(C2=NC(=O)/C(=C/c3cc(C(F)(F)F)cc(C(F)(F)F)c3)S2)CC1. The molecule has 1 amide bonds. The molecule has 28 heavy (non-hydrogen) atoms. The first-order valence-electron chi connectivity index (χ1n) is 8.19. The molecular weight excluding hydrogens is 408 g/mol. The summed E-state index contributed by atoms with van der Waals surface area (Å²) in [5.74, 6) is -0.676. The van der Waals surface area contributed by atoms with Crippen LogP contribution in [0.2, 0.25) is 0 Å². The number of nitrogens with zero attached hydrogens (tertiary/aromatic N) is 3. The number of benzene rings is 1. The van der Waals surface area contributed by atoms with Crippen LogP contribution in [0.15, 0.2) is 28.1 Å². The molecule has 2 aliphatic rings. The second-order valence-corrected chi connectivity index (χ2v) is 7.45. The summed E-state index contributed by atoms with van der Waals surface area (Å²) in [6.07, 6.45) is -8.87. The van der Waals surface area contributed by atoms with Crippen molar-refractivity contribution in [2.45, 2.75) is 12.4 Å². The van der Waals surface area contributed by atoms with Crippen LogP contribution in [0.3, 0.4) is 0 Å². The Bertz CT molecular complexity index is 806. The second-order valence-electron chi connectivity index (χ2n) is 6.44. The van der Waals surface area contributed by atoms with E-state index in [1.54, 1.807) is 0 Å². The van der Waals surface area contributed by atoms with Gasteiger partial charge in [0.1, 0.15) is 0 Å². The lowest BCUT2D eigenvalue weighted by Crippen LogP contribution is -2.46. The summed E-state index contributed by atoms with van der Waals surface area (Å²) in [5.41, 5.74) is -3.21. The first kappa shape index (κ1) is 20.7. The van der Waals surface area contributed by atoms with Gasteiger partial charge in [0, 0.05) is 26.2 Å². The number of likely N-dealkylation sites (N-methyl/N-ethyl adjacent to an activating group) is 1. The van der Waals surface area contributed by atoms with Gasteiger partial charge in [-0.25, -0.2) is 0 Å².